The summed E-state index contributed by atoms with van der Waals surface area (Å²) in [6, 6.07) is 0. The minimum Gasteiger partial charge on any atom is -0.389 e. The minimum absolute atomic E-state index is 0.981. The van der Waals surface area contributed by atoms with Gasteiger partial charge in [-0.05, 0) is 118 Å². The van der Waals surface area contributed by atoms with Gasteiger partial charge in [-0.25, -0.2) is 0 Å². The van der Waals surface area contributed by atoms with Crippen LogP contribution in [0.4, 0.5) is 0 Å². The van der Waals surface area contributed by atoms with Crippen LogP contribution in [0.5, 0.6) is 0 Å². The highest BCUT2D eigenvalue weighted by molar-refractivity contribution is 4.86. The van der Waals surface area contributed by atoms with Crippen molar-refractivity contribution in [2.24, 2.45) is 59.2 Å². The van der Waals surface area contributed by atoms with E-state index in [9.17, 15) is 0 Å². The molecule has 0 radical (unpaired) electrons. The maximum Gasteiger partial charge on any atom is 0.0115 e. The van der Waals surface area contributed by atoms with E-state index >= 15 is 0 Å². The lowest BCUT2D eigenvalue weighted by Crippen LogP contribution is -2.27. The molecule has 1 nitrogen and oxygen atoms in total. The Labute approximate surface area is 298 Å². The van der Waals surface area contributed by atoms with Crippen molar-refractivity contribution in [1.82, 2.24) is 5.32 Å². The zero-order valence-corrected chi connectivity index (χ0v) is 33.9. The molecule has 278 valence electrons. The second-order valence-corrected chi connectivity index (χ2v) is 17.2. The fraction of sp³-hybridized carbons (Fsp3) is 0.957. The highest BCUT2D eigenvalue weighted by Crippen LogP contribution is 2.46. The second kappa shape index (κ2) is 25.5. The average molecular weight is 656 g/mol. The first-order valence-corrected chi connectivity index (χ1v) is 22.3. The number of allylic oxidation sites excluding steroid dienone is 1. The van der Waals surface area contributed by atoms with Crippen LogP contribution in [0.2, 0.25) is 0 Å². The highest BCUT2D eigenvalue weighted by atomic mass is 14.8. The van der Waals surface area contributed by atoms with Crippen LogP contribution < -0.4 is 5.32 Å². The topological polar surface area (TPSA) is 12.0 Å². The smallest absolute Gasteiger partial charge is 0.0115 e. The van der Waals surface area contributed by atoms with Crippen LogP contribution in [-0.4, -0.2) is 6.54 Å². The van der Waals surface area contributed by atoms with Crippen LogP contribution >= 0.6 is 0 Å². The van der Waals surface area contributed by atoms with Gasteiger partial charge in [-0.2, -0.15) is 0 Å². The van der Waals surface area contributed by atoms with Crippen molar-refractivity contribution in [1.29, 1.82) is 0 Å². The van der Waals surface area contributed by atoms with Gasteiger partial charge in [-0.3, -0.25) is 0 Å². The average Bonchev–Trinajstić information content (AvgIpc) is 3.79. The van der Waals surface area contributed by atoms with Crippen molar-refractivity contribution in [3.8, 4) is 0 Å². The van der Waals surface area contributed by atoms with Gasteiger partial charge in [0.05, 0.1) is 0 Å². The third-order valence-corrected chi connectivity index (χ3v) is 13.8. The molecule has 0 aromatic rings. The van der Waals surface area contributed by atoms with Crippen LogP contribution in [0, 0.1) is 59.2 Å². The lowest BCUT2D eigenvalue weighted by atomic mass is 9.66. The van der Waals surface area contributed by atoms with Crippen LogP contribution in [0.15, 0.2) is 12.3 Å². The van der Waals surface area contributed by atoms with Gasteiger partial charge in [-0.15, -0.1) is 0 Å². The van der Waals surface area contributed by atoms with Crippen LogP contribution in [0.3, 0.4) is 0 Å². The van der Waals surface area contributed by atoms with Crippen molar-refractivity contribution >= 4 is 0 Å². The molecule has 0 aliphatic heterocycles. The Kier molecular flexibility index (Phi) is 23.2. The molecule has 6 fully saturated rings. The van der Waals surface area contributed by atoms with E-state index in [-0.39, 0.29) is 0 Å². The summed E-state index contributed by atoms with van der Waals surface area (Å²) in [5.74, 6) is 11.0. The summed E-state index contributed by atoms with van der Waals surface area (Å²) < 4.78 is 0. The maximum atomic E-state index is 3.63. The van der Waals surface area contributed by atoms with E-state index in [0.717, 1.165) is 59.6 Å². The number of hydrogen-bond donors (Lipinski definition) is 1. The van der Waals surface area contributed by atoms with E-state index in [2.05, 4.69) is 32.7 Å². The van der Waals surface area contributed by atoms with E-state index < -0.39 is 0 Å². The normalized spacial score (nSPS) is 36.3. The number of rotatable bonds is 8. The Morgan fingerprint density at radius 1 is 0.489 bits per heavy atom. The van der Waals surface area contributed by atoms with Gasteiger partial charge in [-0.1, -0.05) is 164 Å². The summed E-state index contributed by atoms with van der Waals surface area (Å²) in [6.07, 6.45) is 38.9. The van der Waals surface area contributed by atoms with E-state index in [1.54, 1.807) is 122 Å². The molecule has 4 unspecified atom stereocenters. The fourth-order valence-electron chi connectivity index (χ4n) is 11.1. The lowest BCUT2D eigenvalue weighted by Gasteiger charge is -2.39. The summed E-state index contributed by atoms with van der Waals surface area (Å²) in [7, 11) is 0. The Morgan fingerprint density at radius 2 is 0.851 bits per heavy atom. The molecule has 6 aliphatic rings. The van der Waals surface area contributed by atoms with Gasteiger partial charge in [0.2, 0.25) is 0 Å². The summed E-state index contributed by atoms with van der Waals surface area (Å²) in [5, 5.41) is 3.01. The fourth-order valence-corrected chi connectivity index (χ4v) is 11.1. The van der Waals surface area contributed by atoms with Crippen molar-refractivity contribution < 1.29 is 0 Å². The van der Waals surface area contributed by atoms with Gasteiger partial charge in [0, 0.05) is 12.2 Å². The molecule has 6 aliphatic carbocycles. The van der Waals surface area contributed by atoms with Crippen LogP contribution in [0.25, 0.3) is 0 Å². The van der Waals surface area contributed by atoms with E-state index in [0.29, 0.717) is 0 Å². The molecular formula is C46H89N. The van der Waals surface area contributed by atoms with Gasteiger partial charge >= 0.3 is 0 Å². The largest absolute Gasteiger partial charge is 0.389 e. The molecule has 4 atom stereocenters. The minimum atomic E-state index is 0.981. The molecule has 0 spiro atoms. The van der Waals surface area contributed by atoms with E-state index in [1.807, 2.05) is 34.6 Å². The summed E-state index contributed by atoms with van der Waals surface area (Å²) in [5.41, 5.74) is 1.04. The Morgan fingerprint density at radius 3 is 1.23 bits per heavy atom. The van der Waals surface area contributed by atoms with Crippen LogP contribution in [-0.2, 0) is 0 Å². The Hall–Kier alpha value is -0.460. The molecule has 47 heavy (non-hydrogen) atoms. The molecule has 0 aromatic carbocycles. The molecule has 1 N–H and O–H groups in total. The monoisotopic (exact) mass is 656 g/mol. The Bertz CT molecular complexity index is 698. The number of hydrogen-bond acceptors (Lipinski definition) is 1. The van der Waals surface area contributed by atoms with Crippen molar-refractivity contribution in [3.05, 3.63) is 12.3 Å². The zero-order chi connectivity index (χ0) is 34.4. The lowest BCUT2D eigenvalue weighted by molar-refractivity contribution is 0.124. The predicted octanol–water partition coefficient (Wildman–Crippen LogP) is 15.2. The van der Waals surface area contributed by atoms with Crippen molar-refractivity contribution in [2.75, 3.05) is 6.54 Å². The third-order valence-electron chi connectivity index (χ3n) is 13.8. The molecule has 0 amide bonds. The third kappa shape index (κ3) is 16.4. The molecule has 0 heterocycles. The van der Waals surface area contributed by atoms with Gasteiger partial charge in [0.1, 0.15) is 0 Å². The predicted molar refractivity (Wildman–Crippen MR) is 213 cm³/mol. The standard InChI is InChI=1S/C28H50.C9H16.C5H11N.2C2H6/c1-3-22-8-9-26(18-22)20-25-12-16-28(17-13-25)27-14-10-24(11-15-27)19-23-6-4-21(2)5-7-23;1-2-5-9-7-3-6-8(9)4-1;1-4-6-5(2)3;2*1-2/h21-28H,3-20H2,1-2H3;8-9H,1-7H2;6H,2,4H2,1,3H3;2*1-2H3. The highest BCUT2D eigenvalue weighted by Gasteiger charge is 2.34. The molecular weight excluding hydrogens is 567 g/mol. The number of fused-ring (bicyclic) bond motifs is 1. The SMILES string of the molecule is C1CCC2CCCC2C1.C=C(C)NCC.CC.CC.CCC1CCC(CC2CCC(C3CCC(CC4CCC(C)CC4)CC3)CC2)C1. The number of nitrogens with one attached hydrogen (secondary N) is 1. The summed E-state index contributed by atoms with van der Waals surface area (Å²) >= 11 is 0. The second-order valence-electron chi connectivity index (χ2n) is 17.2. The van der Waals surface area contributed by atoms with Gasteiger partial charge in [0.15, 0.2) is 0 Å². The Balaban J connectivity index is 0.000000330. The molecule has 0 aromatic heterocycles. The molecule has 0 bridgehead atoms. The zero-order valence-electron chi connectivity index (χ0n) is 33.9. The molecule has 1 heteroatoms. The first-order valence-electron chi connectivity index (χ1n) is 22.3. The van der Waals surface area contributed by atoms with Gasteiger partial charge < -0.3 is 5.32 Å². The molecule has 6 saturated carbocycles. The van der Waals surface area contributed by atoms with Crippen molar-refractivity contribution in [2.45, 2.75) is 216 Å². The first-order chi connectivity index (χ1) is 22.9. The van der Waals surface area contributed by atoms with Gasteiger partial charge in [0.25, 0.3) is 0 Å². The maximum absolute atomic E-state index is 3.63. The summed E-state index contributed by atoms with van der Waals surface area (Å²) in [6.45, 7) is 21.5. The van der Waals surface area contributed by atoms with E-state index in [1.165, 1.54) is 50.4 Å². The van der Waals surface area contributed by atoms with Crippen molar-refractivity contribution in [3.63, 3.8) is 0 Å². The van der Waals surface area contributed by atoms with Crippen LogP contribution in [0.1, 0.15) is 216 Å². The van der Waals surface area contributed by atoms with E-state index in [4.69, 9.17) is 0 Å². The quantitative estimate of drug-likeness (QED) is 0.274. The molecule has 6 rings (SSSR count). The molecule has 0 saturated heterocycles. The summed E-state index contributed by atoms with van der Waals surface area (Å²) in [4.78, 5) is 0. The first kappa shape index (κ1) is 42.7.